The standard InChI is InChI=1S/C21H26N6O2/c1-14-13-18(15(2)27(14)16-7-9-17(29-3)10-8-16)19(28)22-20-23-21(25-24-20)26-11-5-4-6-12-26/h7-10,13H,4-6,11-12H2,1-3H3,(H2,22,23,24,25,28). The third-order valence-corrected chi connectivity index (χ3v) is 5.35. The van der Waals surface area contributed by atoms with Crippen LogP contribution in [0.1, 0.15) is 41.0 Å². The number of amides is 1. The Balaban J connectivity index is 1.52. The first-order valence-corrected chi connectivity index (χ1v) is 9.89. The van der Waals surface area contributed by atoms with Crippen LogP contribution in [0.25, 0.3) is 5.69 Å². The molecule has 0 atom stereocenters. The number of rotatable bonds is 5. The molecule has 1 aromatic carbocycles. The number of piperidine rings is 1. The molecule has 0 aliphatic carbocycles. The number of aromatic amines is 1. The SMILES string of the molecule is COc1ccc(-n2c(C)cc(C(=O)Nc3nc(N4CCCCC4)n[nH]3)c2C)cc1. The molecule has 1 fully saturated rings. The number of ether oxygens (including phenoxy) is 1. The Morgan fingerprint density at radius 1 is 1.14 bits per heavy atom. The number of anilines is 2. The van der Waals surface area contributed by atoms with E-state index < -0.39 is 0 Å². The predicted octanol–water partition coefficient (Wildman–Crippen LogP) is 3.46. The van der Waals surface area contributed by atoms with Crippen LogP contribution in [0.3, 0.4) is 0 Å². The smallest absolute Gasteiger partial charge is 0.259 e. The van der Waals surface area contributed by atoms with E-state index in [1.807, 2.05) is 48.7 Å². The lowest BCUT2D eigenvalue weighted by Crippen LogP contribution is -2.30. The molecule has 3 heterocycles. The number of methoxy groups -OCH3 is 1. The van der Waals surface area contributed by atoms with Crippen LogP contribution in [0, 0.1) is 13.8 Å². The molecule has 8 heteroatoms. The maximum atomic E-state index is 12.9. The number of aromatic nitrogens is 4. The molecule has 8 nitrogen and oxygen atoms in total. The molecule has 4 rings (SSSR count). The molecule has 1 aliphatic heterocycles. The highest BCUT2D eigenvalue weighted by atomic mass is 16.5. The summed E-state index contributed by atoms with van der Waals surface area (Å²) in [5.74, 6) is 1.59. The first-order chi connectivity index (χ1) is 14.1. The van der Waals surface area contributed by atoms with Crippen molar-refractivity contribution < 1.29 is 9.53 Å². The van der Waals surface area contributed by atoms with E-state index in [9.17, 15) is 4.79 Å². The summed E-state index contributed by atoms with van der Waals surface area (Å²) in [5.41, 5.74) is 3.42. The average Bonchev–Trinajstić information content (AvgIpc) is 3.33. The maximum Gasteiger partial charge on any atom is 0.259 e. The van der Waals surface area contributed by atoms with E-state index in [1.54, 1.807) is 7.11 Å². The molecule has 2 aromatic heterocycles. The summed E-state index contributed by atoms with van der Waals surface area (Å²) in [6.45, 7) is 5.82. The quantitative estimate of drug-likeness (QED) is 0.692. The van der Waals surface area contributed by atoms with Crippen molar-refractivity contribution in [2.45, 2.75) is 33.1 Å². The van der Waals surface area contributed by atoms with E-state index in [2.05, 4.69) is 25.4 Å². The number of carbonyl (C=O) groups excluding carboxylic acids is 1. The van der Waals surface area contributed by atoms with E-state index in [0.29, 0.717) is 17.5 Å². The van der Waals surface area contributed by atoms with Gasteiger partial charge in [-0.2, -0.15) is 4.98 Å². The molecule has 3 aromatic rings. The number of benzene rings is 1. The molecular weight excluding hydrogens is 368 g/mol. The first-order valence-electron chi connectivity index (χ1n) is 9.89. The van der Waals surface area contributed by atoms with Gasteiger partial charge in [-0.3, -0.25) is 10.1 Å². The van der Waals surface area contributed by atoms with Crippen LogP contribution in [-0.4, -0.2) is 45.9 Å². The Labute approximate surface area is 169 Å². The van der Waals surface area contributed by atoms with Gasteiger partial charge < -0.3 is 14.2 Å². The second-order valence-corrected chi connectivity index (χ2v) is 7.30. The number of nitrogens with zero attached hydrogens (tertiary/aromatic N) is 4. The van der Waals surface area contributed by atoms with E-state index in [0.717, 1.165) is 48.8 Å². The van der Waals surface area contributed by atoms with Crippen molar-refractivity contribution in [2.75, 3.05) is 30.4 Å². The number of carbonyl (C=O) groups is 1. The van der Waals surface area contributed by atoms with Gasteiger partial charge >= 0.3 is 0 Å². The van der Waals surface area contributed by atoms with Crippen LogP contribution in [0.15, 0.2) is 30.3 Å². The van der Waals surface area contributed by atoms with Gasteiger partial charge in [0, 0.05) is 30.2 Å². The van der Waals surface area contributed by atoms with Gasteiger partial charge in [0.15, 0.2) is 0 Å². The number of H-pyrrole nitrogens is 1. The van der Waals surface area contributed by atoms with E-state index in [4.69, 9.17) is 4.74 Å². The number of hydrogen-bond donors (Lipinski definition) is 2. The lowest BCUT2D eigenvalue weighted by Gasteiger charge is -2.24. The van der Waals surface area contributed by atoms with Crippen LogP contribution in [0.5, 0.6) is 5.75 Å². The molecule has 152 valence electrons. The van der Waals surface area contributed by atoms with Gasteiger partial charge in [-0.15, -0.1) is 5.10 Å². The minimum absolute atomic E-state index is 0.209. The summed E-state index contributed by atoms with van der Waals surface area (Å²) in [6, 6.07) is 9.65. The van der Waals surface area contributed by atoms with Gasteiger partial charge in [-0.25, -0.2) is 5.10 Å². The third-order valence-electron chi connectivity index (χ3n) is 5.35. The van der Waals surface area contributed by atoms with Gasteiger partial charge in [0.05, 0.1) is 12.7 Å². The zero-order valence-corrected chi connectivity index (χ0v) is 17.0. The molecule has 0 unspecified atom stereocenters. The van der Waals surface area contributed by atoms with Crippen molar-refractivity contribution in [1.82, 2.24) is 19.7 Å². The van der Waals surface area contributed by atoms with Crippen LogP contribution in [0.4, 0.5) is 11.9 Å². The second kappa shape index (κ2) is 7.98. The largest absolute Gasteiger partial charge is 0.497 e. The molecule has 1 saturated heterocycles. The molecule has 1 aliphatic rings. The van der Waals surface area contributed by atoms with E-state index in [-0.39, 0.29) is 5.91 Å². The van der Waals surface area contributed by atoms with Crippen molar-refractivity contribution in [1.29, 1.82) is 0 Å². The fourth-order valence-corrected chi connectivity index (χ4v) is 3.84. The summed E-state index contributed by atoms with van der Waals surface area (Å²) in [6.07, 6.45) is 3.54. The molecule has 0 radical (unpaired) electrons. The Morgan fingerprint density at radius 3 is 2.55 bits per heavy atom. The van der Waals surface area contributed by atoms with Gasteiger partial charge in [-0.1, -0.05) is 0 Å². The van der Waals surface area contributed by atoms with Crippen molar-refractivity contribution in [3.8, 4) is 11.4 Å². The number of nitrogens with one attached hydrogen (secondary N) is 2. The Morgan fingerprint density at radius 2 is 1.86 bits per heavy atom. The van der Waals surface area contributed by atoms with Crippen LogP contribution >= 0.6 is 0 Å². The predicted molar refractivity (Wildman–Crippen MR) is 112 cm³/mol. The zero-order valence-electron chi connectivity index (χ0n) is 17.0. The molecule has 1 amide bonds. The summed E-state index contributed by atoms with van der Waals surface area (Å²) < 4.78 is 7.28. The van der Waals surface area contributed by atoms with Gasteiger partial charge in [0.25, 0.3) is 5.91 Å². The number of aryl methyl sites for hydroxylation is 1. The Hall–Kier alpha value is -3.29. The molecule has 0 bridgehead atoms. The monoisotopic (exact) mass is 394 g/mol. The second-order valence-electron chi connectivity index (χ2n) is 7.30. The highest BCUT2D eigenvalue weighted by molar-refractivity contribution is 6.04. The van der Waals surface area contributed by atoms with Crippen molar-refractivity contribution >= 4 is 17.8 Å². The third kappa shape index (κ3) is 3.83. The molecule has 29 heavy (non-hydrogen) atoms. The highest BCUT2D eigenvalue weighted by Gasteiger charge is 2.20. The molecule has 0 saturated carbocycles. The maximum absolute atomic E-state index is 12.9. The summed E-state index contributed by atoms with van der Waals surface area (Å²) in [4.78, 5) is 19.5. The van der Waals surface area contributed by atoms with Gasteiger partial charge in [0.1, 0.15) is 5.75 Å². The van der Waals surface area contributed by atoms with E-state index >= 15 is 0 Å². The average molecular weight is 394 g/mol. The van der Waals surface area contributed by atoms with Crippen LogP contribution in [0.2, 0.25) is 0 Å². The highest BCUT2D eigenvalue weighted by Crippen LogP contribution is 2.24. The Kier molecular flexibility index (Phi) is 5.24. The lowest BCUT2D eigenvalue weighted by molar-refractivity contribution is 0.102. The minimum Gasteiger partial charge on any atom is -0.497 e. The number of hydrogen-bond acceptors (Lipinski definition) is 5. The topological polar surface area (TPSA) is 88.1 Å². The first kappa shape index (κ1) is 19.0. The summed E-state index contributed by atoms with van der Waals surface area (Å²) in [7, 11) is 1.64. The van der Waals surface area contributed by atoms with Crippen LogP contribution < -0.4 is 15.0 Å². The van der Waals surface area contributed by atoms with E-state index in [1.165, 1.54) is 6.42 Å². The summed E-state index contributed by atoms with van der Waals surface area (Å²) in [5, 5.41) is 9.93. The normalized spacial score (nSPS) is 14.1. The van der Waals surface area contributed by atoms with Gasteiger partial charge in [0.2, 0.25) is 11.9 Å². The fourth-order valence-electron chi connectivity index (χ4n) is 3.84. The van der Waals surface area contributed by atoms with Crippen molar-refractivity contribution in [3.63, 3.8) is 0 Å². The lowest BCUT2D eigenvalue weighted by atomic mass is 10.1. The van der Waals surface area contributed by atoms with Crippen molar-refractivity contribution in [3.05, 3.63) is 47.3 Å². The molecule has 0 spiro atoms. The zero-order chi connectivity index (χ0) is 20.4. The Bertz CT molecular complexity index is 999. The minimum atomic E-state index is -0.209. The molecular formula is C21H26N6O2. The van der Waals surface area contributed by atoms with Gasteiger partial charge in [-0.05, 0) is 63.4 Å². The van der Waals surface area contributed by atoms with Crippen molar-refractivity contribution in [2.24, 2.45) is 0 Å². The van der Waals surface area contributed by atoms with Crippen LogP contribution in [-0.2, 0) is 0 Å². The molecule has 2 N–H and O–H groups in total. The summed E-state index contributed by atoms with van der Waals surface area (Å²) >= 11 is 0. The fraction of sp³-hybridized carbons (Fsp3) is 0.381.